The molecule has 0 heterocycles. The fourth-order valence-corrected chi connectivity index (χ4v) is 1.88. The molecule has 20 heavy (non-hydrogen) atoms. The van der Waals surface area contributed by atoms with Crippen molar-refractivity contribution in [1.29, 1.82) is 0 Å². The highest BCUT2D eigenvalue weighted by Crippen LogP contribution is 2.20. The largest absolute Gasteiger partial charge is 0.378 e. The van der Waals surface area contributed by atoms with Crippen molar-refractivity contribution in [1.82, 2.24) is 0 Å². The zero-order valence-electron chi connectivity index (χ0n) is 10.9. The number of para-hydroxylation sites is 1. The molecule has 2 aromatic rings. The van der Waals surface area contributed by atoms with Crippen LogP contribution in [0.3, 0.4) is 0 Å². The Labute approximate surface area is 115 Å². The maximum Gasteiger partial charge on any atom is 0.248 e. The van der Waals surface area contributed by atoms with Crippen LogP contribution in [0, 0.1) is 18.6 Å². The molecule has 1 amide bonds. The average Bonchev–Trinajstić information content (AvgIpc) is 2.39. The molecule has 0 aliphatic carbocycles. The van der Waals surface area contributed by atoms with E-state index in [1.807, 2.05) is 0 Å². The molecule has 0 aromatic heterocycles. The van der Waals surface area contributed by atoms with E-state index in [1.54, 1.807) is 19.1 Å². The summed E-state index contributed by atoms with van der Waals surface area (Å²) in [4.78, 5) is 10.9. The van der Waals surface area contributed by atoms with Crippen LogP contribution < -0.4 is 11.1 Å². The van der Waals surface area contributed by atoms with E-state index in [-0.39, 0.29) is 17.9 Å². The van der Waals surface area contributed by atoms with Gasteiger partial charge in [-0.15, -0.1) is 0 Å². The van der Waals surface area contributed by atoms with Gasteiger partial charge in [-0.2, -0.15) is 0 Å². The first-order valence-electron chi connectivity index (χ1n) is 6.06. The number of anilines is 1. The van der Waals surface area contributed by atoms with Crippen molar-refractivity contribution < 1.29 is 13.6 Å². The Bertz CT molecular complexity index is 636. The summed E-state index contributed by atoms with van der Waals surface area (Å²) in [6.45, 7) is 1.88. The highest BCUT2D eigenvalue weighted by Gasteiger charge is 2.09. The number of aryl methyl sites for hydroxylation is 1. The molecule has 0 aliphatic rings. The normalized spacial score (nSPS) is 10.3. The maximum absolute atomic E-state index is 13.8. The molecule has 0 bridgehead atoms. The van der Waals surface area contributed by atoms with E-state index in [9.17, 15) is 13.6 Å². The van der Waals surface area contributed by atoms with Crippen molar-refractivity contribution >= 4 is 11.6 Å². The molecule has 0 saturated heterocycles. The first-order chi connectivity index (χ1) is 9.49. The van der Waals surface area contributed by atoms with Gasteiger partial charge in [0, 0.05) is 17.7 Å². The van der Waals surface area contributed by atoms with E-state index in [0.717, 1.165) is 11.6 Å². The number of halogens is 2. The minimum absolute atomic E-state index is 0.105. The molecule has 0 spiro atoms. The van der Waals surface area contributed by atoms with Gasteiger partial charge in [-0.25, -0.2) is 8.78 Å². The van der Waals surface area contributed by atoms with E-state index in [2.05, 4.69) is 5.32 Å². The zero-order valence-corrected chi connectivity index (χ0v) is 10.9. The number of rotatable bonds is 4. The number of primary amides is 1. The lowest BCUT2D eigenvalue weighted by Crippen LogP contribution is -2.12. The molecular weight excluding hydrogens is 262 g/mol. The van der Waals surface area contributed by atoms with Crippen LogP contribution >= 0.6 is 0 Å². The molecule has 2 aromatic carbocycles. The second-order valence-electron chi connectivity index (χ2n) is 4.46. The minimum Gasteiger partial charge on any atom is -0.378 e. The number of carbonyl (C=O) groups is 1. The second kappa shape index (κ2) is 5.69. The van der Waals surface area contributed by atoms with Gasteiger partial charge in [-0.05, 0) is 30.7 Å². The second-order valence-corrected chi connectivity index (χ2v) is 4.46. The van der Waals surface area contributed by atoms with Crippen LogP contribution in [-0.2, 0) is 6.54 Å². The molecule has 3 nitrogen and oxygen atoms in total. The zero-order chi connectivity index (χ0) is 14.7. The molecule has 0 fully saturated rings. The van der Waals surface area contributed by atoms with E-state index < -0.39 is 11.7 Å². The lowest BCUT2D eigenvalue weighted by Gasteiger charge is -2.11. The molecule has 2 rings (SSSR count). The van der Waals surface area contributed by atoms with Gasteiger partial charge >= 0.3 is 0 Å². The van der Waals surface area contributed by atoms with Gasteiger partial charge in [-0.3, -0.25) is 4.79 Å². The number of nitrogens with two attached hydrogens (primary N) is 1. The van der Waals surface area contributed by atoms with Gasteiger partial charge in [0.05, 0.1) is 5.69 Å². The average molecular weight is 276 g/mol. The van der Waals surface area contributed by atoms with Gasteiger partial charge in [0.1, 0.15) is 11.6 Å². The summed E-state index contributed by atoms with van der Waals surface area (Å²) in [6.07, 6.45) is 0. The predicted octanol–water partition coefficient (Wildman–Crippen LogP) is 2.98. The smallest absolute Gasteiger partial charge is 0.248 e. The van der Waals surface area contributed by atoms with Crippen molar-refractivity contribution in [2.45, 2.75) is 13.5 Å². The Morgan fingerprint density at radius 3 is 2.55 bits per heavy atom. The van der Waals surface area contributed by atoms with Gasteiger partial charge in [0.15, 0.2) is 0 Å². The lowest BCUT2D eigenvalue weighted by atomic mass is 10.1. The molecule has 0 radical (unpaired) electrons. The molecule has 0 aliphatic heterocycles. The lowest BCUT2D eigenvalue weighted by molar-refractivity contribution is 0.1000. The number of hydrogen-bond donors (Lipinski definition) is 2. The van der Waals surface area contributed by atoms with Crippen molar-refractivity contribution in [2.75, 3.05) is 5.32 Å². The molecule has 0 atom stereocenters. The first kappa shape index (κ1) is 14.0. The van der Waals surface area contributed by atoms with Crippen LogP contribution in [0.4, 0.5) is 14.5 Å². The quantitative estimate of drug-likeness (QED) is 0.902. The van der Waals surface area contributed by atoms with Gasteiger partial charge in [-0.1, -0.05) is 18.2 Å². The summed E-state index contributed by atoms with van der Waals surface area (Å²) in [6, 6.07) is 8.68. The summed E-state index contributed by atoms with van der Waals surface area (Å²) >= 11 is 0. The third-order valence-electron chi connectivity index (χ3n) is 3.02. The Morgan fingerprint density at radius 1 is 1.20 bits per heavy atom. The van der Waals surface area contributed by atoms with E-state index >= 15 is 0 Å². The standard InChI is InChI=1S/C15H14F2N2O/c1-9-3-2-4-12(16)14(9)19-8-11-6-5-10(15(18)20)7-13(11)17/h2-7,19H,8H2,1H3,(H2,18,20). The van der Waals surface area contributed by atoms with E-state index in [0.29, 0.717) is 11.3 Å². The molecule has 3 N–H and O–H groups in total. The molecule has 0 saturated carbocycles. The van der Waals surface area contributed by atoms with Crippen LogP contribution in [0.2, 0.25) is 0 Å². The van der Waals surface area contributed by atoms with E-state index in [1.165, 1.54) is 18.2 Å². The Hall–Kier alpha value is -2.43. The SMILES string of the molecule is Cc1cccc(F)c1NCc1ccc(C(N)=O)cc1F. The Morgan fingerprint density at radius 2 is 1.95 bits per heavy atom. The third kappa shape index (κ3) is 2.93. The molecular formula is C15H14F2N2O. The number of benzene rings is 2. The van der Waals surface area contributed by atoms with Crippen LogP contribution in [0.5, 0.6) is 0 Å². The van der Waals surface area contributed by atoms with Crippen LogP contribution in [0.25, 0.3) is 0 Å². The molecule has 0 unspecified atom stereocenters. The summed E-state index contributed by atoms with van der Waals surface area (Å²) in [5.74, 6) is -1.63. The highest BCUT2D eigenvalue weighted by molar-refractivity contribution is 5.92. The Kier molecular flexibility index (Phi) is 3.98. The van der Waals surface area contributed by atoms with Crippen LogP contribution in [0.1, 0.15) is 21.5 Å². The monoisotopic (exact) mass is 276 g/mol. The molecule has 104 valence electrons. The topological polar surface area (TPSA) is 55.1 Å². The summed E-state index contributed by atoms with van der Waals surface area (Å²) in [5.41, 5.74) is 6.58. The summed E-state index contributed by atoms with van der Waals surface area (Å²) in [7, 11) is 0. The fraction of sp³-hybridized carbons (Fsp3) is 0.133. The van der Waals surface area contributed by atoms with Crippen molar-refractivity contribution in [3.8, 4) is 0 Å². The number of amides is 1. The van der Waals surface area contributed by atoms with Crippen LogP contribution in [0.15, 0.2) is 36.4 Å². The number of carbonyl (C=O) groups excluding carboxylic acids is 1. The Balaban J connectivity index is 2.17. The number of hydrogen-bond acceptors (Lipinski definition) is 2. The number of nitrogens with one attached hydrogen (secondary N) is 1. The minimum atomic E-state index is -0.687. The summed E-state index contributed by atoms with van der Waals surface area (Å²) in [5, 5.41) is 2.86. The third-order valence-corrected chi connectivity index (χ3v) is 3.02. The van der Waals surface area contributed by atoms with Gasteiger partial charge in [0.25, 0.3) is 0 Å². The van der Waals surface area contributed by atoms with E-state index in [4.69, 9.17) is 5.73 Å². The predicted molar refractivity (Wildman–Crippen MR) is 73.4 cm³/mol. The fourth-order valence-electron chi connectivity index (χ4n) is 1.88. The van der Waals surface area contributed by atoms with Gasteiger partial charge < -0.3 is 11.1 Å². The van der Waals surface area contributed by atoms with Crippen molar-refractivity contribution in [2.24, 2.45) is 5.73 Å². The van der Waals surface area contributed by atoms with Crippen molar-refractivity contribution in [3.05, 3.63) is 64.7 Å². The maximum atomic E-state index is 13.8. The van der Waals surface area contributed by atoms with Gasteiger partial charge in [0.2, 0.25) is 5.91 Å². The first-order valence-corrected chi connectivity index (χ1v) is 6.06. The highest BCUT2D eigenvalue weighted by atomic mass is 19.1. The summed E-state index contributed by atoms with van der Waals surface area (Å²) < 4.78 is 27.4. The molecule has 5 heteroatoms. The van der Waals surface area contributed by atoms with Crippen molar-refractivity contribution in [3.63, 3.8) is 0 Å². The van der Waals surface area contributed by atoms with Crippen LogP contribution in [-0.4, -0.2) is 5.91 Å².